The standard InChI is InChI=1S/C12H24O6/c13-7-1-4-12(17,18-9-8-14)11(16)5-2-10(15)3-6-11/h10,13-17H,1-9H2. The summed E-state index contributed by atoms with van der Waals surface area (Å²) in [5.41, 5.74) is -1.43. The molecule has 0 amide bonds. The van der Waals surface area contributed by atoms with Crippen molar-refractivity contribution >= 4 is 0 Å². The summed E-state index contributed by atoms with van der Waals surface area (Å²) in [6.45, 7) is -0.434. The predicted octanol–water partition coefficient (Wildman–Crippen LogP) is -0.878. The highest BCUT2D eigenvalue weighted by molar-refractivity contribution is 4.97. The van der Waals surface area contributed by atoms with E-state index >= 15 is 0 Å². The Balaban J connectivity index is 2.73. The van der Waals surface area contributed by atoms with Gasteiger partial charge < -0.3 is 30.3 Å². The van der Waals surface area contributed by atoms with E-state index in [1.807, 2.05) is 0 Å². The van der Waals surface area contributed by atoms with Gasteiger partial charge in [0.25, 0.3) is 0 Å². The summed E-state index contributed by atoms with van der Waals surface area (Å²) in [7, 11) is 0. The van der Waals surface area contributed by atoms with Crippen LogP contribution in [0.5, 0.6) is 0 Å². The first-order valence-electron chi connectivity index (χ1n) is 6.46. The minimum absolute atomic E-state index is 0.0766. The van der Waals surface area contributed by atoms with Gasteiger partial charge in [-0.05, 0) is 32.1 Å². The quantitative estimate of drug-likeness (QED) is 0.382. The molecule has 5 N–H and O–H groups in total. The summed E-state index contributed by atoms with van der Waals surface area (Å²) in [5, 5.41) is 48.0. The van der Waals surface area contributed by atoms with E-state index in [-0.39, 0.29) is 39.1 Å². The van der Waals surface area contributed by atoms with Gasteiger partial charge in [0, 0.05) is 13.0 Å². The van der Waals surface area contributed by atoms with Crippen molar-refractivity contribution in [1.82, 2.24) is 0 Å². The Morgan fingerprint density at radius 2 is 1.78 bits per heavy atom. The van der Waals surface area contributed by atoms with E-state index < -0.39 is 17.5 Å². The SMILES string of the molecule is OCCCC(O)(OCCO)C1(O)CCC(O)CC1. The first kappa shape index (κ1) is 15.8. The lowest BCUT2D eigenvalue weighted by molar-refractivity contribution is -0.315. The number of ether oxygens (including phenoxy) is 1. The van der Waals surface area contributed by atoms with Crippen LogP contribution >= 0.6 is 0 Å². The Morgan fingerprint density at radius 1 is 1.17 bits per heavy atom. The number of rotatable bonds is 7. The maximum atomic E-state index is 10.5. The topological polar surface area (TPSA) is 110 Å². The van der Waals surface area contributed by atoms with Crippen LogP contribution in [-0.4, -0.2) is 62.8 Å². The predicted molar refractivity (Wildman–Crippen MR) is 63.7 cm³/mol. The van der Waals surface area contributed by atoms with Crippen LogP contribution < -0.4 is 0 Å². The Labute approximate surface area is 107 Å². The lowest BCUT2D eigenvalue weighted by Crippen LogP contribution is -2.58. The molecule has 0 aromatic carbocycles. The molecule has 108 valence electrons. The second-order valence-corrected chi connectivity index (χ2v) is 4.95. The van der Waals surface area contributed by atoms with E-state index in [4.69, 9.17) is 14.9 Å². The summed E-state index contributed by atoms with van der Waals surface area (Å²) < 4.78 is 5.22. The van der Waals surface area contributed by atoms with Crippen molar-refractivity contribution < 1.29 is 30.3 Å². The highest BCUT2D eigenvalue weighted by Gasteiger charge is 2.51. The van der Waals surface area contributed by atoms with Gasteiger partial charge in [-0.1, -0.05) is 0 Å². The third-order valence-corrected chi connectivity index (χ3v) is 3.62. The van der Waals surface area contributed by atoms with Crippen LogP contribution in [0.1, 0.15) is 38.5 Å². The van der Waals surface area contributed by atoms with Crippen LogP contribution in [0.3, 0.4) is 0 Å². The van der Waals surface area contributed by atoms with Gasteiger partial charge in [0.2, 0.25) is 0 Å². The van der Waals surface area contributed by atoms with Gasteiger partial charge >= 0.3 is 0 Å². The largest absolute Gasteiger partial charge is 0.396 e. The minimum atomic E-state index is -1.78. The van der Waals surface area contributed by atoms with Gasteiger partial charge in [-0.3, -0.25) is 0 Å². The van der Waals surface area contributed by atoms with E-state index in [0.29, 0.717) is 19.3 Å². The van der Waals surface area contributed by atoms with Crippen LogP contribution in [0.15, 0.2) is 0 Å². The number of aliphatic hydroxyl groups is 5. The molecule has 6 nitrogen and oxygen atoms in total. The van der Waals surface area contributed by atoms with Crippen LogP contribution in [0.4, 0.5) is 0 Å². The third kappa shape index (κ3) is 3.63. The van der Waals surface area contributed by atoms with Crippen molar-refractivity contribution in [2.75, 3.05) is 19.8 Å². The zero-order valence-electron chi connectivity index (χ0n) is 10.6. The molecule has 0 aromatic rings. The van der Waals surface area contributed by atoms with Crippen molar-refractivity contribution in [1.29, 1.82) is 0 Å². The molecule has 1 atom stereocenters. The van der Waals surface area contributed by atoms with E-state index in [9.17, 15) is 15.3 Å². The first-order valence-corrected chi connectivity index (χ1v) is 6.46. The molecule has 6 heteroatoms. The molecule has 1 unspecified atom stereocenters. The van der Waals surface area contributed by atoms with Crippen LogP contribution in [-0.2, 0) is 4.74 Å². The molecule has 0 spiro atoms. The molecule has 1 fully saturated rings. The van der Waals surface area contributed by atoms with Crippen LogP contribution in [0, 0.1) is 0 Å². The summed E-state index contributed by atoms with van der Waals surface area (Å²) in [6.07, 6.45) is 1.22. The second kappa shape index (κ2) is 6.79. The highest BCUT2D eigenvalue weighted by atomic mass is 16.6. The average Bonchev–Trinajstić information content (AvgIpc) is 2.37. The van der Waals surface area contributed by atoms with Crippen molar-refractivity contribution in [2.24, 2.45) is 0 Å². The van der Waals surface area contributed by atoms with Crippen molar-refractivity contribution in [2.45, 2.75) is 56.0 Å². The molecule has 1 saturated carbocycles. The van der Waals surface area contributed by atoms with Crippen LogP contribution in [0.2, 0.25) is 0 Å². The molecule has 0 saturated heterocycles. The summed E-state index contributed by atoms with van der Waals surface area (Å²) >= 11 is 0. The van der Waals surface area contributed by atoms with Crippen molar-refractivity contribution in [3.63, 3.8) is 0 Å². The second-order valence-electron chi connectivity index (χ2n) is 4.95. The highest BCUT2D eigenvalue weighted by Crippen LogP contribution is 2.40. The Morgan fingerprint density at radius 3 is 2.28 bits per heavy atom. The maximum Gasteiger partial charge on any atom is 0.194 e. The molecule has 18 heavy (non-hydrogen) atoms. The average molecular weight is 264 g/mol. The summed E-state index contributed by atoms with van der Waals surface area (Å²) in [6, 6.07) is 0. The fraction of sp³-hybridized carbons (Fsp3) is 1.00. The molecule has 0 aromatic heterocycles. The van der Waals surface area contributed by atoms with Gasteiger partial charge in [0.05, 0.1) is 19.3 Å². The fourth-order valence-electron chi connectivity index (χ4n) is 2.44. The monoisotopic (exact) mass is 264 g/mol. The number of aliphatic hydroxyl groups excluding tert-OH is 3. The van der Waals surface area contributed by atoms with Crippen molar-refractivity contribution in [3.05, 3.63) is 0 Å². The van der Waals surface area contributed by atoms with Crippen molar-refractivity contribution in [3.8, 4) is 0 Å². The lowest BCUT2D eigenvalue weighted by atomic mass is 9.76. The van der Waals surface area contributed by atoms with Gasteiger partial charge in [-0.15, -0.1) is 0 Å². The normalized spacial score (nSPS) is 32.2. The number of hydrogen-bond donors (Lipinski definition) is 5. The zero-order chi connectivity index (χ0) is 13.6. The Kier molecular flexibility index (Phi) is 5.97. The minimum Gasteiger partial charge on any atom is -0.396 e. The van der Waals surface area contributed by atoms with Crippen LogP contribution in [0.25, 0.3) is 0 Å². The van der Waals surface area contributed by atoms with E-state index in [2.05, 4.69) is 0 Å². The molecule has 0 bridgehead atoms. The smallest absolute Gasteiger partial charge is 0.194 e. The van der Waals surface area contributed by atoms with Gasteiger partial charge in [-0.25, -0.2) is 0 Å². The first-order chi connectivity index (χ1) is 8.47. The fourth-order valence-corrected chi connectivity index (χ4v) is 2.44. The van der Waals surface area contributed by atoms with E-state index in [1.54, 1.807) is 0 Å². The molecule has 0 radical (unpaired) electrons. The lowest BCUT2D eigenvalue weighted by Gasteiger charge is -2.46. The molecule has 1 rings (SSSR count). The third-order valence-electron chi connectivity index (χ3n) is 3.62. The molecular formula is C12H24O6. The molecule has 1 aliphatic carbocycles. The van der Waals surface area contributed by atoms with Gasteiger partial charge in [0.15, 0.2) is 5.79 Å². The molecular weight excluding hydrogens is 240 g/mol. The number of hydrogen-bond acceptors (Lipinski definition) is 6. The molecule has 1 aliphatic rings. The Bertz CT molecular complexity index is 229. The maximum absolute atomic E-state index is 10.5. The van der Waals surface area contributed by atoms with Gasteiger partial charge in [0.1, 0.15) is 5.60 Å². The van der Waals surface area contributed by atoms with E-state index in [1.165, 1.54) is 0 Å². The van der Waals surface area contributed by atoms with Gasteiger partial charge in [-0.2, -0.15) is 0 Å². The zero-order valence-corrected chi connectivity index (χ0v) is 10.6. The molecule has 0 aliphatic heterocycles. The summed E-state index contributed by atoms with van der Waals surface area (Å²) in [5.74, 6) is -1.78. The van der Waals surface area contributed by atoms with E-state index in [0.717, 1.165) is 0 Å². The summed E-state index contributed by atoms with van der Waals surface area (Å²) in [4.78, 5) is 0. The Hall–Kier alpha value is -0.240. The molecule has 0 heterocycles.